The van der Waals surface area contributed by atoms with Gasteiger partial charge in [0.15, 0.2) is 12.2 Å². The zero-order valence-corrected chi connectivity index (χ0v) is 16.6. The number of aromatic nitrogens is 1. The number of halogens is 1. The smallest absolute Gasteiger partial charge is 0.255 e. The Morgan fingerprint density at radius 3 is 2.50 bits per heavy atom. The Balaban J connectivity index is 1.53. The first-order valence-electron chi connectivity index (χ1n) is 9.13. The summed E-state index contributed by atoms with van der Waals surface area (Å²) in [6.45, 7) is 0.800. The highest BCUT2D eigenvalue weighted by atomic mass is 32.2. The van der Waals surface area contributed by atoms with E-state index in [2.05, 4.69) is 10.3 Å². The molecule has 4 rings (SSSR count). The molecule has 3 aromatic rings. The van der Waals surface area contributed by atoms with E-state index in [0.29, 0.717) is 11.3 Å². The first-order valence-corrected chi connectivity index (χ1v) is 10.6. The monoisotopic (exact) mass is 431 g/mol. The van der Waals surface area contributed by atoms with E-state index in [1.54, 1.807) is 30.5 Å². The molecule has 2 aromatic carbocycles. The van der Waals surface area contributed by atoms with Crippen molar-refractivity contribution in [3.63, 3.8) is 0 Å². The second-order valence-corrected chi connectivity index (χ2v) is 8.47. The van der Waals surface area contributed by atoms with Crippen LogP contribution in [0.4, 0.5) is 10.1 Å². The van der Waals surface area contributed by atoms with Crippen LogP contribution in [-0.4, -0.2) is 49.9 Å². The Bertz CT molecular complexity index is 1140. The third kappa shape index (κ3) is 4.11. The number of rotatable bonds is 5. The Hall–Kier alpha value is -3.08. The van der Waals surface area contributed by atoms with Crippen LogP contribution in [-0.2, 0) is 14.8 Å². The number of oxazole rings is 1. The molecule has 10 heteroatoms. The summed E-state index contributed by atoms with van der Waals surface area (Å²) in [5, 5.41) is 2.61. The molecule has 0 unspecified atom stereocenters. The normalized spacial score (nSPS) is 15.1. The van der Waals surface area contributed by atoms with E-state index in [1.165, 1.54) is 16.8 Å². The summed E-state index contributed by atoms with van der Waals surface area (Å²) in [5.41, 5.74) is 1.28. The van der Waals surface area contributed by atoms with Gasteiger partial charge in [-0.25, -0.2) is 17.8 Å². The summed E-state index contributed by atoms with van der Waals surface area (Å²) >= 11 is 0. The molecular weight excluding hydrogens is 413 g/mol. The highest BCUT2D eigenvalue weighted by Gasteiger charge is 2.29. The molecule has 156 valence electrons. The number of carbonyl (C=O) groups is 1. The van der Waals surface area contributed by atoms with E-state index in [9.17, 15) is 17.6 Å². The highest BCUT2D eigenvalue weighted by molar-refractivity contribution is 7.89. The van der Waals surface area contributed by atoms with Gasteiger partial charge in [0.05, 0.1) is 19.4 Å². The average molecular weight is 431 g/mol. The van der Waals surface area contributed by atoms with Crippen molar-refractivity contribution in [1.82, 2.24) is 9.29 Å². The molecule has 1 fully saturated rings. The Kier molecular flexibility index (Phi) is 5.62. The molecule has 1 aliphatic heterocycles. The van der Waals surface area contributed by atoms with E-state index < -0.39 is 26.6 Å². The number of morpholine rings is 1. The van der Waals surface area contributed by atoms with E-state index in [-0.39, 0.29) is 32.0 Å². The summed E-state index contributed by atoms with van der Waals surface area (Å²) in [6, 6.07) is 10.1. The molecule has 0 radical (unpaired) electrons. The van der Waals surface area contributed by atoms with E-state index >= 15 is 0 Å². The van der Waals surface area contributed by atoms with Crippen LogP contribution in [0.5, 0.6) is 0 Å². The molecule has 0 atom stereocenters. The minimum absolute atomic E-state index is 0.149. The molecule has 1 aliphatic rings. The molecule has 1 N–H and O–H groups in total. The zero-order chi connectivity index (χ0) is 21.1. The van der Waals surface area contributed by atoms with Gasteiger partial charge in [-0.15, -0.1) is 0 Å². The van der Waals surface area contributed by atoms with Gasteiger partial charge >= 0.3 is 0 Å². The molecular formula is C20H18FN3O5S. The summed E-state index contributed by atoms with van der Waals surface area (Å²) < 4.78 is 51.4. The van der Waals surface area contributed by atoms with Crippen molar-refractivity contribution in [2.24, 2.45) is 0 Å². The van der Waals surface area contributed by atoms with Gasteiger partial charge in [0.25, 0.3) is 5.91 Å². The van der Waals surface area contributed by atoms with Crippen LogP contribution < -0.4 is 5.32 Å². The molecule has 1 saturated heterocycles. The number of sulfonamides is 1. The molecule has 0 bridgehead atoms. The number of nitrogens with zero attached hydrogens (tertiary/aromatic N) is 2. The lowest BCUT2D eigenvalue weighted by molar-refractivity contribution is 0.0729. The number of benzene rings is 2. The van der Waals surface area contributed by atoms with Crippen LogP contribution in [0.25, 0.3) is 11.3 Å². The van der Waals surface area contributed by atoms with Crippen molar-refractivity contribution in [1.29, 1.82) is 0 Å². The van der Waals surface area contributed by atoms with Crippen molar-refractivity contribution in [2.75, 3.05) is 31.6 Å². The fourth-order valence-corrected chi connectivity index (χ4v) is 4.55. The molecule has 2 heterocycles. The first kappa shape index (κ1) is 20.2. The maximum atomic E-state index is 14.3. The Morgan fingerprint density at radius 1 is 1.10 bits per heavy atom. The lowest BCUT2D eigenvalue weighted by Gasteiger charge is -2.26. The second kappa shape index (κ2) is 8.34. The lowest BCUT2D eigenvalue weighted by Crippen LogP contribution is -2.40. The maximum absolute atomic E-state index is 14.3. The van der Waals surface area contributed by atoms with Gasteiger partial charge in [-0.3, -0.25) is 4.79 Å². The molecule has 0 aliphatic carbocycles. The summed E-state index contributed by atoms with van der Waals surface area (Å²) in [5.74, 6) is -0.769. The summed E-state index contributed by atoms with van der Waals surface area (Å²) in [4.78, 5) is 15.9. The zero-order valence-electron chi connectivity index (χ0n) is 15.7. The van der Waals surface area contributed by atoms with Gasteiger partial charge in [-0.2, -0.15) is 4.31 Å². The average Bonchev–Trinajstić information content (AvgIpc) is 3.31. The number of hydrogen-bond donors (Lipinski definition) is 1. The van der Waals surface area contributed by atoms with Gasteiger partial charge in [0.1, 0.15) is 10.7 Å². The summed E-state index contributed by atoms with van der Waals surface area (Å²) in [7, 11) is -4.04. The quantitative estimate of drug-likeness (QED) is 0.667. The van der Waals surface area contributed by atoms with Crippen molar-refractivity contribution in [2.45, 2.75) is 4.90 Å². The van der Waals surface area contributed by atoms with Gasteiger partial charge in [-0.1, -0.05) is 12.1 Å². The molecule has 1 aromatic heterocycles. The SMILES string of the molecule is O=C(Nc1ccc(F)c(S(=O)(=O)N2CCOCC2)c1)c1ccc(-c2cnco2)cc1. The number of amides is 1. The fraction of sp³-hybridized carbons (Fsp3) is 0.200. The Labute approximate surface area is 172 Å². The molecule has 0 saturated carbocycles. The van der Waals surface area contributed by atoms with Crippen LogP contribution in [0, 0.1) is 5.82 Å². The van der Waals surface area contributed by atoms with Crippen molar-refractivity contribution in [3.05, 3.63) is 66.4 Å². The van der Waals surface area contributed by atoms with Crippen molar-refractivity contribution in [3.8, 4) is 11.3 Å². The van der Waals surface area contributed by atoms with Crippen LogP contribution >= 0.6 is 0 Å². The van der Waals surface area contributed by atoms with Crippen molar-refractivity contribution >= 4 is 21.6 Å². The number of anilines is 1. The van der Waals surface area contributed by atoms with E-state index in [0.717, 1.165) is 17.7 Å². The van der Waals surface area contributed by atoms with Gasteiger partial charge in [0, 0.05) is 29.9 Å². The van der Waals surface area contributed by atoms with Gasteiger partial charge in [0.2, 0.25) is 10.0 Å². The number of hydrogen-bond acceptors (Lipinski definition) is 6. The standard InChI is InChI=1S/C20H18FN3O5S/c21-17-6-5-16(11-19(17)30(26,27)24-7-9-28-10-8-24)23-20(25)15-3-1-14(2-4-15)18-12-22-13-29-18/h1-6,11-13H,7-10H2,(H,23,25). The minimum Gasteiger partial charge on any atom is -0.444 e. The van der Waals surface area contributed by atoms with Gasteiger partial charge in [-0.05, 0) is 30.3 Å². The van der Waals surface area contributed by atoms with Crippen LogP contribution in [0.3, 0.4) is 0 Å². The minimum atomic E-state index is -4.04. The third-order valence-corrected chi connectivity index (χ3v) is 6.55. The third-order valence-electron chi connectivity index (χ3n) is 4.64. The molecule has 0 spiro atoms. The largest absolute Gasteiger partial charge is 0.444 e. The predicted octanol–water partition coefficient (Wildman–Crippen LogP) is 2.75. The number of ether oxygens (including phenoxy) is 1. The van der Waals surface area contributed by atoms with Crippen LogP contribution in [0.15, 0.2) is 64.4 Å². The topological polar surface area (TPSA) is 102 Å². The molecule has 1 amide bonds. The van der Waals surface area contributed by atoms with Gasteiger partial charge < -0.3 is 14.5 Å². The summed E-state index contributed by atoms with van der Waals surface area (Å²) in [6.07, 6.45) is 2.87. The number of carbonyl (C=O) groups excluding carboxylic acids is 1. The second-order valence-electron chi connectivity index (χ2n) is 6.56. The molecule has 30 heavy (non-hydrogen) atoms. The molecule has 8 nitrogen and oxygen atoms in total. The van der Waals surface area contributed by atoms with Crippen molar-refractivity contribution < 1.29 is 26.8 Å². The van der Waals surface area contributed by atoms with E-state index in [1.807, 2.05) is 0 Å². The lowest BCUT2D eigenvalue weighted by atomic mass is 10.1. The van der Waals surface area contributed by atoms with E-state index in [4.69, 9.17) is 9.15 Å². The maximum Gasteiger partial charge on any atom is 0.255 e. The number of nitrogens with one attached hydrogen (secondary N) is 1. The first-order chi connectivity index (χ1) is 14.4. The highest BCUT2D eigenvalue weighted by Crippen LogP contribution is 2.25. The Morgan fingerprint density at radius 2 is 1.83 bits per heavy atom. The fourth-order valence-electron chi connectivity index (χ4n) is 3.05. The van der Waals surface area contributed by atoms with Crippen LogP contribution in [0.2, 0.25) is 0 Å². The van der Waals surface area contributed by atoms with Crippen LogP contribution in [0.1, 0.15) is 10.4 Å². The predicted molar refractivity (Wildman–Crippen MR) is 106 cm³/mol.